The Balaban J connectivity index is 1.22. The fourth-order valence-electron chi connectivity index (χ4n) is 7.64. The lowest BCUT2D eigenvalue weighted by Crippen LogP contribution is -2.57. The van der Waals surface area contributed by atoms with Gasteiger partial charge in [0.05, 0.1) is 42.2 Å². The molecule has 13 nitrogen and oxygen atoms in total. The smallest absolute Gasteiger partial charge is 0.259 e. The number of methoxy groups -OCH3 is 1. The Bertz CT molecular complexity index is 2130. The number of Topliss-reactive ketones (excluding diaryl/α,β-unsaturated/α-hetero) is 1. The van der Waals surface area contributed by atoms with E-state index in [9.17, 15) is 27.6 Å². The third kappa shape index (κ3) is 8.40. The fourth-order valence-corrected chi connectivity index (χ4v) is 9.01. The van der Waals surface area contributed by atoms with E-state index in [0.29, 0.717) is 48.4 Å². The first-order valence-corrected chi connectivity index (χ1v) is 20.5. The number of nitrogens with zero attached hydrogens (tertiary/aromatic N) is 2. The van der Waals surface area contributed by atoms with Crippen LogP contribution in [0.1, 0.15) is 65.7 Å². The molecule has 0 bridgehead atoms. The van der Waals surface area contributed by atoms with Crippen molar-refractivity contribution in [2.45, 2.75) is 94.7 Å². The number of fused-ring (bicyclic) bond motifs is 3. The summed E-state index contributed by atoms with van der Waals surface area (Å²) in [4.78, 5) is 62.0. The first-order chi connectivity index (χ1) is 26.2. The van der Waals surface area contributed by atoms with Gasteiger partial charge in [-0.1, -0.05) is 63.3 Å². The number of sulfonamides is 1. The Kier molecular flexibility index (Phi) is 10.5. The molecule has 5 atom stereocenters. The fraction of sp³-hybridized carbons (Fsp3) is 0.488. The molecule has 3 amide bonds. The van der Waals surface area contributed by atoms with Crippen molar-refractivity contribution >= 4 is 44.4 Å². The summed E-state index contributed by atoms with van der Waals surface area (Å²) < 4.78 is 40.2. The largest absolute Gasteiger partial charge is 0.497 e. The number of pyridine rings is 1. The third-order valence-corrected chi connectivity index (χ3v) is 12.8. The first kappa shape index (κ1) is 38.5. The molecule has 3 aromatic rings. The Morgan fingerprint density at radius 2 is 1.82 bits per heavy atom. The summed E-state index contributed by atoms with van der Waals surface area (Å²) in [6.07, 6.45) is 5.70. The van der Waals surface area contributed by atoms with Crippen LogP contribution >= 0.6 is 0 Å². The van der Waals surface area contributed by atoms with E-state index in [1.54, 1.807) is 12.0 Å². The zero-order valence-electron chi connectivity index (χ0n) is 31.7. The van der Waals surface area contributed by atoms with Crippen molar-refractivity contribution in [2.24, 2.45) is 11.3 Å². The topological polar surface area (TPSA) is 173 Å². The molecular formula is C41H49N5O8S. The van der Waals surface area contributed by atoms with Crippen LogP contribution in [0.5, 0.6) is 11.5 Å². The van der Waals surface area contributed by atoms with Gasteiger partial charge in [0.1, 0.15) is 23.1 Å². The van der Waals surface area contributed by atoms with Gasteiger partial charge in [0, 0.05) is 48.4 Å². The molecule has 292 valence electrons. The van der Waals surface area contributed by atoms with Crippen molar-refractivity contribution < 1.29 is 37.1 Å². The maximum Gasteiger partial charge on any atom is 0.259 e. The average molecular weight is 772 g/mol. The van der Waals surface area contributed by atoms with Gasteiger partial charge in [-0.25, -0.2) is 13.4 Å². The maximum atomic E-state index is 14.4. The number of hydrogen-bond acceptors (Lipinski definition) is 10. The zero-order valence-corrected chi connectivity index (χ0v) is 32.5. The molecule has 5 unspecified atom stereocenters. The monoisotopic (exact) mass is 771 g/mol. The maximum absolute atomic E-state index is 14.4. The standard InChI is InChI=1S/C41H49N5O8S/c1-40(2,3)37-34(47)24-46-23-28(54-35-21-31(25-11-7-5-8-12-25)42-32-19-27(53-4)15-18-30(32)35)20-33(46)38(49)44-41(39(50)45-55(51,52)29-16-17-29)22-26(41)13-9-6-10-14-36(48)43-37/h5,7-9,11-13,15,18-19,21,26,28-29,33,37H,6,10,14,16-17,20,22-24H2,1-4H3,(H,43,48)(H,44,49)(H,45,50). The average Bonchev–Trinajstić information content (AvgIpc) is 4.07. The number of ketones is 1. The van der Waals surface area contributed by atoms with E-state index in [1.807, 2.05) is 87.5 Å². The first-order valence-electron chi connectivity index (χ1n) is 19.0. The van der Waals surface area contributed by atoms with Crippen molar-refractivity contribution in [1.82, 2.24) is 25.2 Å². The lowest BCUT2D eigenvalue weighted by molar-refractivity contribution is -0.134. The molecule has 55 heavy (non-hydrogen) atoms. The Morgan fingerprint density at radius 1 is 1.05 bits per heavy atom. The minimum absolute atomic E-state index is 0.164. The molecule has 14 heteroatoms. The molecule has 1 saturated heterocycles. The normalized spacial score (nSPS) is 26.7. The van der Waals surface area contributed by atoms with Crippen LogP contribution in [0.4, 0.5) is 0 Å². The summed E-state index contributed by atoms with van der Waals surface area (Å²) in [6.45, 7) is 5.68. The highest BCUT2D eigenvalue weighted by Gasteiger charge is 2.62. The van der Waals surface area contributed by atoms with Gasteiger partial charge in [-0.2, -0.15) is 0 Å². The quantitative estimate of drug-likeness (QED) is 0.298. The van der Waals surface area contributed by atoms with Crippen LogP contribution < -0.4 is 24.8 Å². The van der Waals surface area contributed by atoms with Crippen LogP contribution in [0.15, 0.2) is 66.7 Å². The number of carbonyl (C=O) groups is 4. The molecule has 2 aliphatic heterocycles. The van der Waals surface area contributed by atoms with Crippen LogP contribution in [0.2, 0.25) is 0 Å². The summed E-state index contributed by atoms with van der Waals surface area (Å²) in [5.74, 6) is -1.06. The van der Waals surface area contributed by atoms with Crippen LogP contribution in [0.3, 0.4) is 0 Å². The molecule has 2 aliphatic carbocycles. The molecule has 3 heterocycles. The Labute approximate surface area is 321 Å². The van der Waals surface area contributed by atoms with Crippen LogP contribution in [0.25, 0.3) is 22.2 Å². The van der Waals surface area contributed by atoms with Crippen molar-refractivity contribution in [1.29, 1.82) is 0 Å². The number of aromatic nitrogens is 1. The molecular weight excluding hydrogens is 723 g/mol. The molecule has 2 aromatic carbocycles. The summed E-state index contributed by atoms with van der Waals surface area (Å²) in [7, 11) is -2.30. The van der Waals surface area contributed by atoms with E-state index in [1.165, 1.54) is 0 Å². The van der Waals surface area contributed by atoms with Crippen molar-refractivity contribution in [3.05, 3.63) is 66.7 Å². The van der Waals surface area contributed by atoms with Gasteiger partial charge in [0.15, 0.2) is 5.78 Å². The second kappa shape index (κ2) is 15.0. The Hall–Kier alpha value is -4.82. The van der Waals surface area contributed by atoms with Gasteiger partial charge in [-0.3, -0.25) is 28.8 Å². The molecule has 1 aromatic heterocycles. The number of ether oxygens (including phenoxy) is 2. The van der Waals surface area contributed by atoms with Gasteiger partial charge in [0.2, 0.25) is 21.8 Å². The predicted octanol–water partition coefficient (Wildman–Crippen LogP) is 4.06. The van der Waals surface area contributed by atoms with E-state index < -0.39 is 62.1 Å². The van der Waals surface area contributed by atoms with Crippen molar-refractivity contribution in [2.75, 3.05) is 20.2 Å². The van der Waals surface area contributed by atoms with Gasteiger partial charge in [-0.05, 0) is 49.7 Å². The second-order valence-corrected chi connectivity index (χ2v) is 18.2. The molecule has 0 radical (unpaired) electrons. The summed E-state index contributed by atoms with van der Waals surface area (Å²) in [5.41, 5.74) is 0.119. The summed E-state index contributed by atoms with van der Waals surface area (Å²) in [6, 6.07) is 15.3. The highest BCUT2D eigenvalue weighted by atomic mass is 32.2. The molecule has 0 spiro atoms. The minimum Gasteiger partial charge on any atom is -0.497 e. The van der Waals surface area contributed by atoms with E-state index in [2.05, 4.69) is 15.4 Å². The molecule has 3 fully saturated rings. The Morgan fingerprint density at radius 3 is 2.53 bits per heavy atom. The van der Waals surface area contributed by atoms with Crippen molar-refractivity contribution in [3.63, 3.8) is 0 Å². The molecule has 4 aliphatic rings. The lowest BCUT2D eigenvalue weighted by Gasteiger charge is -2.33. The number of rotatable bonds is 7. The lowest BCUT2D eigenvalue weighted by atomic mass is 9.83. The molecule has 2 saturated carbocycles. The number of carbonyl (C=O) groups excluding carboxylic acids is 4. The number of nitrogens with one attached hydrogen (secondary N) is 3. The van der Waals surface area contributed by atoms with E-state index in [0.717, 1.165) is 10.9 Å². The number of hydrogen-bond donors (Lipinski definition) is 3. The highest BCUT2D eigenvalue weighted by Crippen LogP contribution is 2.46. The van der Waals surface area contributed by atoms with Gasteiger partial charge >= 0.3 is 0 Å². The van der Waals surface area contributed by atoms with Gasteiger partial charge < -0.3 is 20.1 Å². The van der Waals surface area contributed by atoms with E-state index in [-0.39, 0.29) is 44.0 Å². The van der Waals surface area contributed by atoms with Gasteiger partial charge in [-0.15, -0.1) is 0 Å². The number of amides is 3. The summed E-state index contributed by atoms with van der Waals surface area (Å²) >= 11 is 0. The molecule has 7 rings (SSSR count). The SMILES string of the molecule is COc1ccc2c(OC3CC4C(=O)NC5(C(=O)NS(=O)(=O)C6CC6)CC5C=CCCCC(=O)NC(C(C)(C)C)C(=O)CN4C3)cc(-c3ccccc3)nc2c1. The second-order valence-electron chi connectivity index (χ2n) is 16.3. The minimum atomic E-state index is -3.88. The highest BCUT2D eigenvalue weighted by molar-refractivity contribution is 7.91. The van der Waals surface area contributed by atoms with Crippen LogP contribution in [0, 0.1) is 11.3 Å². The zero-order chi connectivity index (χ0) is 39.1. The van der Waals surface area contributed by atoms with Gasteiger partial charge in [0.25, 0.3) is 5.91 Å². The van der Waals surface area contributed by atoms with Crippen LogP contribution in [-0.4, -0.2) is 91.0 Å². The van der Waals surface area contributed by atoms with E-state index >= 15 is 0 Å². The number of benzene rings is 2. The third-order valence-electron chi connectivity index (χ3n) is 11.0. The van der Waals surface area contributed by atoms with Crippen LogP contribution in [-0.2, 0) is 29.2 Å². The van der Waals surface area contributed by atoms with Crippen molar-refractivity contribution in [3.8, 4) is 22.8 Å². The van der Waals surface area contributed by atoms with E-state index in [4.69, 9.17) is 14.5 Å². The molecule has 3 N–H and O–H groups in total. The number of allylic oxidation sites excluding steroid dienone is 1. The summed E-state index contributed by atoms with van der Waals surface area (Å²) in [5, 5.41) is 6.03. The predicted molar refractivity (Wildman–Crippen MR) is 207 cm³/mol.